The molecule has 1 N–H and O–H groups in total. The average molecular weight is 485 g/mol. The van der Waals surface area contributed by atoms with Gasteiger partial charge in [-0.1, -0.05) is 0 Å². The van der Waals surface area contributed by atoms with E-state index < -0.39 is 12.5 Å². The highest BCUT2D eigenvalue weighted by atomic mass is 19.3. The van der Waals surface area contributed by atoms with Gasteiger partial charge in [0.15, 0.2) is 5.82 Å². The van der Waals surface area contributed by atoms with Crippen LogP contribution in [0.15, 0.2) is 42.7 Å². The van der Waals surface area contributed by atoms with E-state index in [0.29, 0.717) is 30.3 Å². The maximum absolute atomic E-state index is 13.2. The van der Waals surface area contributed by atoms with Crippen molar-refractivity contribution in [1.82, 2.24) is 24.8 Å². The lowest BCUT2D eigenvalue weighted by molar-refractivity contribution is -0.131. The van der Waals surface area contributed by atoms with Gasteiger partial charge in [0.2, 0.25) is 17.7 Å². The summed E-state index contributed by atoms with van der Waals surface area (Å²) in [5, 5.41) is 3.39. The fourth-order valence-corrected chi connectivity index (χ4v) is 4.03. The molecule has 184 valence electrons. The number of halogens is 2. The Labute approximate surface area is 201 Å². The van der Waals surface area contributed by atoms with Gasteiger partial charge in [0.05, 0.1) is 18.7 Å². The van der Waals surface area contributed by atoms with Gasteiger partial charge in [-0.2, -0.15) is 13.8 Å². The lowest BCUT2D eigenvalue weighted by atomic mass is 10.0. The molecule has 1 fully saturated rings. The van der Waals surface area contributed by atoms with E-state index in [-0.39, 0.29) is 23.7 Å². The van der Waals surface area contributed by atoms with Crippen molar-refractivity contribution in [3.05, 3.63) is 54.0 Å². The van der Waals surface area contributed by atoms with Crippen molar-refractivity contribution in [2.45, 2.75) is 38.8 Å². The monoisotopic (exact) mass is 484 g/mol. The van der Waals surface area contributed by atoms with Crippen LogP contribution in [0.2, 0.25) is 0 Å². The Morgan fingerprint density at radius 2 is 1.91 bits per heavy atom. The van der Waals surface area contributed by atoms with Crippen molar-refractivity contribution in [2.75, 3.05) is 25.5 Å². The van der Waals surface area contributed by atoms with Crippen molar-refractivity contribution in [3.8, 4) is 23.1 Å². The second kappa shape index (κ2) is 10.6. The minimum atomic E-state index is -3.02. The van der Waals surface area contributed by atoms with E-state index in [0.717, 1.165) is 17.7 Å². The van der Waals surface area contributed by atoms with Crippen LogP contribution in [0, 0.1) is 6.92 Å². The highest BCUT2D eigenvalue weighted by Gasteiger charge is 2.30. The quantitative estimate of drug-likeness (QED) is 0.517. The van der Waals surface area contributed by atoms with E-state index >= 15 is 0 Å². The van der Waals surface area contributed by atoms with Gasteiger partial charge in [-0.15, -0.1) is 0 Å². The predicted octanol–water partition coefficient (Wildman–Crippen LogP) is 3.67. The minimum absolute atomic E-state index is 0.0292. The Morgan fingerprint density at radius 3 is 2.60 bits per heavy atom. The van der Waals surface area contributed by atoms with Gasteiger partial charge in [0.1, 0.15) is 5.82 Å². The molecule has 3 aromatic rings. The van der Waals surface area contributed by atoms with E-state index in [1.807, 2.05) is 19.1 Å². The van der Waals surface area contributed by atoms with E-state index in [4.69, 9.17) is 4.74 Å². The van der Waals surface area contributed by atoms with E-state index in [1.54, 1.807) is 36.4 Å². The number of anilines is 1. The summed E-state index contributed by atoms with van der Waals surface area (Å²) in [5.41, 5.74) is 2.15. The smallest absolute Gasteiger partial charge is 0.388 e. The number of amides is 1. The number of methoxy groups -OCH3 is 1. The molecule has 9 nitrogen and oxygen atoms in total. The van der Waals surface area contributed by atoms with Gasteiger partial charge in [-0.3, -0.25) is 4.79 Å². The lowest BCUT2D eigenvalue weighted by Crippen LogP contribution is -2.34. The van der Waals surface area contributed by atoms with Gasteiger partial charge in [0, 0.05) is 49.2 Å². The molecule has 11 heteroatoms. The summed E-state index contributed by atoms with van der Waals surface area (Å²) in [5.74, 6) is 0.431. The normalized spacial score (nSPS) is 16.3. The molecule has 0 unspecified atom stereocenters. The number of aryl methyl sites for hydroxylation is 1. The average Bonchev–Trinajstić information content (AvgIpc) is 3.31. The van der Waals surface area contributed by atoms with Crippen LogP contribution in [0.4, 0.5) is 14.6 Å². The molecule has 0 aliphatic carbocycles. The summed E-state index contributed by atoms with van der Waals surface area (Å²) < 4.78 is 34.8. The second-order valence-corrected chi connectivity index (χ2v) is 8.20. The summed E-state index contributed by atoms with van der Waals surface area (Å²) in [6, 6.07) is 8.49. The second-order valence-electron chi connectivity index (χ2n) is 8.20. The first kappa shape index (κ1) is 24.2. The molecule has 0 radical (unpaired) electrons. The minimum Gasteiger partial charge on any atom is -0.481 e. The zero-order valence-electron chi connectivity index (χ0n) is 19.6. The molecule has 3 aromatic heterocycles. The fourth-order valence-electron chi connectivity index (χ4n) is 4.03. The zero-order valence-corrected chi connectivity index (χ0v) is 19.6. The number of nitrogens with zero attached hydrogens (tertiary/aromatic N) is 5. The summed E-state index contributed by atoms with van der Waals surface area (Å²) in [7, 11) is 1.37. The Kier molecular flexibility index (Phi) is 7.33. The van der Waals surface area contributed by atoms with Gasteiger partial charge in [0.25, 0.3) is 0 Å². The molecule has 0 saturated carbocycles. The van der Waals surface area contributed by atoms with E-state index in [9.17, 15) is 13.6 Å². The number of ether oxygens (including phenoxy) is 2. The van der Waals surface area contributed by atoms with Gasteiger partial charge < -0.3 is 19.7 Å². The number of carbonyl (C=O) groups excluding carboxylic acids is 1. The van der Waals surface area contributed by atoms with Crippen LogP contribution in [0.5, 0.6) is 11.8 Å². The summed E-state index contributed by atoms with van der Waals surface area (Å²) >= 11 is 0. The van der Waals surface area contributed by atoms with Crippen molar-refractivity contribution < 1.29 is 23.0 Å². The molecule has 0 aromatic carbocycles. The fraction of sp³-hybridized carbons (Fsp3) is 0.375. The molecule has 0 spiro atoms. The maximum Gasteiger partial charge on any atom is 0.388 e. The van der Waals surface area contributed by atoms with Crippen LogP contribution in [-0.4, -0.2) is 63.6 Å². The maximum atomic E-state index is 13.2. The predicted molar refractivity (Wildman–Crippen MR) is 124 cm³/mol. The number of aromatic nitrogens is 4. The number of hydrogen-bond acceptors (Lipinski definition) is 8. The molecule has 4 heterocycles. The number of rotatable bonds is 8. The molecule has 35 heavy (non-hydrogen) atoms. The van der Waals surface area contributed by atoms with Crippen LogP contribution in [-0.2, 0) is 4.79 Å². The van der Waals surface area contributed by atoms with Gasteiger partial charge >= 0.3 is 6.61 Å². The topological polar surface area (TPSA) is 102 Å². The van der Waals surface area contributed by atoms with Crippen molar-refractivity contribution >= 4 is 11.7 Å². The van der Waals surface area contributed by atoms with Crippen molar-refractivity contribution in [2.24, 2.45) is 0 Å². The highest BCUT2D eigenvalue weighted by molar-refractivity contribution is 5.84. The highest BCUT2D eigenvalue weighted by Crippen LogP contribution is 2.28. The third-order valence-electron chi connectivity index (χ3n) is 5.83. The Morgan fingerprint density at radius 1 is 1.17 bits per heavy atom. The Hall–Kier alpha value is -3.89. The number of likely N-dealkylation sites (tertiary alicyclic amines) is 1. The van der Waals surface area contributed by atoms with Crippen LogP contribution >= 0.6 is 0 Å². The third kappa shape index (κ3) is 5.79. The lowest BCUT2D eigenvalue weighted by Gasteiger charge is -2.22. The van der Waals surface area contributed by atoms with Gasteiger partial charge in [-0.05, 0) is 44.0 Å². The standard InChI is InChI=1S/C24H26F2N6O3/c1-14(16-11-20(34-3)31-21(12-16)35-24(25)26)23(33)32-10-7-17(13-32)30-19-6-5-18(15(2)29-19)22-27-8-4-9-28-22/h4-6,8-9,11-12,14,17,24H,7,10,13H2,1-3H3,(H,29,30)/t14-,17-/m0/s1. The molecule has 1 saturated heterocycles. The first-order valence-electron chi connectivity index (χ1n) is 11.1. The molecule has 1 aliphatic rings. The summed E-state index contributed by atoms with van der Waals surface area (Å²) in [4.78, 5) is 31.9. The molecule has 1 amide bonds. The van der Waals surface area contributed by atoms with E-state index in [1.165, 1.54) is 13.2 Å². The summed E-state index contributed by atoms with van der Waals surface area (Å²) in [6.45, 7) is 1.66. The number of carbonyl (C=O) groups is 1. The van der Waals surface area contributed by atoms with Crippen molar-refractivity contribution in [3.63, 3.8) is 0 Å². The number of nitrogens with one attached hydrogen (secondary N) is 1. The zero-order chi connectivity index (χ0) is 24.9. The first-order chi connectivity index (χ1) is 16.8. The number of hydrogen-bond donors (Lipinski definition) is 1. The third-order valence-corrected chi connectivity index (χ3v) is 5.83. The largest absolute Gasteiger partial charge is 0.481 e. The number of alkyl halides is 2. The molecule has 4 rings (SSSR count). The van der Waals surface area contributed by atoms with Crippen LogP contribution < -0.4 is 14.8 Å². The molecular formula is C24H26F2N6O3. The first-order valence-corrected chi connectivity index (χ1v) is 11.1. The summed E-state index contributed by atoms with van der Waals surface area (Å²) in [6.07, 6.45) is 4.13. The number of pyridine rings is 2. The van der Waals surface area contributed by atoms with Crippen molar-refractivity contribution in [1.29, 1.82) is 0 Å². The Balaban J connectivity index is 1.40. The SMILES string of the molecule is COc1cc([C@H](C)C(=O)N2CC[C@H](Nc3ccc(-c4ncccn4)c(C)n3)C2)cc(OC(F)F)n1. The van der Waals surface area contributed by atoms with Crippen LogP contribution in [0.1, 0.15) is 30.5 Å². The van der Waals surface area contributed by atoms with Crippen LogP contribution in [0.3, 0.4) is 0 Å². The van der Waals surface area contributed by atoms with Crippen LogP contribution in [0.25, 0.3) is 11.4 Å². The van der Waals surface area contributed by atoms with E-state index in [2.05, 4.69) is 30.0 Å². The molecule has 0 bridgehead atoms. The Bertz CT molecular complexity index is 1180. The molecule has 2 atom stereocenters. The van der Waals surface area contributed by atoms with Gasteiger partial charge in [-0.25, -0.2) is 15.0 Å². The molecule has 1 aliphatic heterocycles. The molecular weight excluding hydrogens is 458 g/mol.